The van der Waals surface area contributed by atoms with Crippen LogP contribution in [0.25, 0.3) is 0 Å². The van der Waals surface area contributed by atoms with Crippen molar-refractivity contribution in [3.05, 3.63) is 34.8 Å². The standard InChI is InChI=1S/C18H23N3O4S/c1-5-23-16-9-14(10-19-21-18-20-12(3)11-26-18)7-8-15(16)25-13(4)17(22)24-6-2/h7-11,13H,5-6H2,1-4H3,(H,20,21). The number of thiazole rings is 1. The van der Waals surface area contributed by atoms with Crippen molar-refractivity contribution in [3.63, 3.8) is 0 Å². The first-order valence-corrected chi connectivity index (χ1v) is 9.22. The van der Waals surface area contributed by atoms with Crippen LogP contribution in [-0.2, 0) is 9.53 Å². The number of ether oxygens (including phenoxy) is 3. The van der Waals surface area contributed by atoms with Crippen molar-refractivity contribution in [2.45, 2.75) is 33.8 Å². The van der Waals surface area contributed by atoms with Crippen LogP contribution in [-0.4, -0.2) is 36.5 Å². The minimum absolute atomic E-state index is 0.311. The summed E-state index contributed by atoms with van der Waals surface area (Å²) in [6, 6.07) is 5.37. The number of esters is 1. The third kappa shape index (κ3) is 5.73. The first-order valence-electron chi connectivity index (χ1n) is 8.34. The number of carbonyl (C=O) groups excluding carboxylic acids is 1. The topological polar surface area (TPSA) is 82.0 Å². The Bertz CT molecular complexity index is 761. The molecule has 0 saturated heterocycles. The van der Waals surface area contributed by atoms with Crippen LogP contribution >= 0.6 is 11.3 Å². The Balaban J connectivity index is 2.07. The van der Waals surface area contributed by atoms with Gasteiger partial charge in [-0.3, -0.25) is 5.43 Å². The molecule has 8 heteroatoms. The van der Waals surface area contributed by atoms with E-state index in [2.05, 4.69) is 15.5 Å². The number of aryl methyl sites for hydroxylation is 1. The highest BCUT2D eigenvalue weighted by Gasteiger charge is 2.18. The number of aromatic nitrogens is 1. The molecule has 140 valence electrons. The molecule has 1 atom stereocenters. The number of hydrogen-bond donors (Lipinski definition) is 1. The Labute approximate surface area is 157 Å². The third-order valence-electron chi connectivity index (χ3n) is 3.18. The van der Waals surface area contributed by atoms with Gasteiger partial charge in [0.2, 0.25) is 5.13 Å². The Morgan fingerprint density at radius 3 is 2.81 bits per heavy atom. The van der Waals surface area contributed by atoms with E-state index >= 15 is 0 Å². The second kappa shape index (κ2) is 9.76. The first kappa shape index (κ1) is 19.7. The molecule has 0 amide bonds. The maximum atomic E-state index is 11.7. The normalized spacial score (nSPS) is 12.0. The molecule has 0 bridgehead atoms. The third-order valence-corrected chi connectivity index (χ3v) is 4.05. The Kier molecular flexibility index (Phi) is 7.40. The van der Waals surface area contributed by atoms with Gasteiger partial charge in [0.1, 0.15) is 0 Å². The van der Waals surface area contributed by atoms with E-state index in [0.717, 1.165) is 16.4 Å². The zero-order chi connectivity index (χ0) is 18.9. The molecule has 1 aromatic carbocycles. The highest BCUT2D eigenvalue weighted by molar-refractivity contribution is 7.13. The number of hydrogen-bond acceptors (Lipinski definition) is 8. The Hall–Kier alpha value is -2.61. The number of nitrogens with zero attached hydrogens (tertiary/aromatic N) is 2. The Morgan fingerprint density at radius 2 is 2.15 bits per heavy atom. The summed E-state index contributed by atoms with van der Waals surface area (Å²) in [6.07, 6.45) is 0.945. The van der Waals surface area contributed by atoms with Gasteiger partial charge in [0.25, 0.3) is 0 Å². The van der Waals surface area contributed by atoms with E-state index in [0.29, 0.717) is 24.7 Å². The molecule has 0 saturated carbocycles. The maximum Gasteiger partial charge on any atom is 0.347 e. The van der Waals surface area contributed by atoms with E-state index in [-0.39, 0.29) is 0 Å². The quantitative estimate of drug-likeness (QED) is 0.408. The predicted molar refractivity (Wildman–Crippen MR) is 102 cm³/mol. The molecule has 7 nitrogen and oxygen atoms in total. The van der Waals surface area contributed by atoms with Crippen molar-refractivity contribution in [2.75, 3.05) is 18.6 Å². The Morgan fingerprint density at radius 1 is 1.35 bits per heavy atom. The fraction of sp³-hybridized carbons (Fsp3) is 0.389. The van der Waals surface area contributed by atoms with Crippen LogP contribution in [0.4, 0.5) is 5.13 Å². The van der Waals surface area contributed by atoms with Gasteiger partial charge in [-0.2, -0.15) is 5.10 Å². The van der Waals surface area contributed by atoms with Crippen molar-refractivity contribution in [2.24, 2.45) is 5.10 Å². The molecule has 0 radical (unpaired) electrons. The predicted octanol–water partition coefficient (Wildman–Crippen LogP) is 3.63. The van der Waals surface area contributed by atoms with Crippen molar-refractivity contribution in [1.29, 1.82) is 0 Å². The average Bonchev–Trinajstić information content (AvgIpc) is 3.02. The van der Waals surface area contributed by atoms with Crippen molar-refractivity contribution >= 4 is 28.7 Å². The van der Waals surface area contributed by atoms with Gasteiger partial charge in [-0.1, -0.05) is 0 Å². The molecular formula is C18H23N3O4S. The van der Waals surface area contributed by atoms with E-state index < -0.39 is 12.1 Å². The van der Waals surface area contributed by atoms with E-state index in [9.17, 15) is 4.79 Å². The zero-order valence-electron chi connectivity index (χ0n) is 15.3. The van der Waals surface area contributed by atoms with E-state index in [4.69, 9.17) is 14.2 Å². The average molecular weight is 377 g/mol. The summed E-state index contributed by atoms with van der Waals surface area (Å²) in [5, 5.41) is 6.85. The van der Waals surface area contributed by atoms with Crippen molar-refractivity contribution < 1.29 is 19.0 Å². The summed E-state index contributed by atoms with van der Waals surface area (Å²) in [7, 11) is 0. The highest BCUT2D eigenvalue weighted by atomic mass is 32.1. The first-order chi connectivity index (χ1) is 12.5. The van der Waals surface area contributed by atoms with Crippen LogP contribution in [0, 0.1) is 6.92 Å². The fourth-order valence-electron chi connectivity index (χ4n) is 2.04. The van der Waals surface area contributed by atoms with E-state index in [1.165, 1.54) is 11.3 Å². The largest absolute Gasteiger partial charge is 0.490 e. The van der Waals surface area contributed by atoms with Crippen molar-refractivity contribution in [3.8, 4) is 11.5 Å². The SMILES string of the molecule is CCOC(=O)C(C)Oc1ccc(C=NNc2nc(C)cs2)cc1OCC. The van der Waals surface area contributed by atoms with Crippen LogP contribution in [0.3, 0.4) is 0 Å². The maximum absolute atomic E-state index is 11.7. The number of carbonyl (C=O) groups is 1. The molecule has 1 heterocycles. The number of hydrazone groups is 1. The molecule has 0 aliphatic heterocycles. The molecule has 0 spiro atoms. The molecule has 0 fully saturated rings. The van der Waals surface area contributed by atoms with Gasteiger partial charge < -0.3 is 14.2 Å². The molecule has 2 rings (SSSR count). The number of nitrogens with one attached hydrogen (secondary N) is 1. The van der Waals surface area contributed by atoms with Crippen LogP contribution < -0.4 is 14.9 Å². The van der Waals surface area contributed by atoms with Crippen LogP contribution in [0.15, 0.2) is 28.7 Å². The lowest BCUT2D eigenvalue weighted by molar-refractivity contribution is -0.150. The number of rotatable bonds is 9. The lowest BCUT2D eigenvalue weighted by Gasteiger charge is -2.16. The van der Waals surface area contributed by atoms with E-state index in [1.54, 1.807) is 32.2 Å². The van der Waals surface area contributed by atoms with Gasteiger partial charge in [-0.15, -0.1) is 11.3 Å². The molecule has 2 aromatic rings. The van der Waals surface area contributed by atoms with Gasteiger partial charge in [0.15, 0.2) is 17.6 Å². The second-order valence-electron chi connectivity index (χ2n) is 5.32. The smallest absolute Gasteiger partial charge is 0.347 e. The van der Waals surface area contributed by atoms with Gasteiger partial charge in [0.05, 0.1) is 25.1 Å². The lowest BCUT2D eigenvalue weighted by Crippen LogP contribution is -2.26. The summed E-state index contributed by atoms with van der Waals surface area (Å²) in [4.78, 5) is 16.0. The van der Waals surface area contributed by atoms with Gasteiger partial charge in [-0.25, -0.2) is 9.78 Å². The minimum Gasteiger partial charge on any atom is -0.490 e. The number of benzene rings is 1. The monoisotopic (exact) mass is 377 g/mol. The summed E-state index contributed by atoms with van der Waals surface area (Å²) >= 11 is 1.49. The molecule has 0 aliphatic rings. The van der Waals surface area contributed by atoms with Crippen molar-refractivity contribution in [1.82, 2.24) is 4.98 Å². The van der Waals surface area contributed by atoms with Crippen LogP contribution in [0.5, 0.6) is 11.5 Å². The molecule has 1 N–H and O–H groups in total. The molecule has 0 aliphatic carbocycles. The molecule has 1 unspecified atom stereocenters. The minimum atomic E-state index is -0.719. The van der Waals surface area contributed by atoms with Crippen LogP contribution in [0.1, 0.15) is 32.0 Å². The van der Waals surface area contributed by atoms with E-state index in [1.807, 2.05) is 25.3 Å². The molecular weight excluding hydrogens is 354 g/mol. The summed E-state index contributed by atoms with van der Waals surface area (Å²) in [5.41, 5.74) is 4.66. The lowest BCUT2D eigenvalue weighted by atomic mass is 10.2. The fourth-order valence-corrected chi connectivity index (χ4v) is 2.67. The van der Waals surface area contributed by atoms with Gasteiger partial charge in [0, 0.05) is 5.38 Å². The number of anilines is 1. The van der Waals surface area contributed by atoms with Gasteiger partial charge >= 0.3 is 5.97 Å². The summed E-state index contributed by atoms with van der Waals surface area (Å²) in [6.45, 7) is 7.99. The summed E-state index contributed by atoms with van der Waals surface area (Å²) in [5.74, 6) is 0.606. The van der Waals surface area contributed by atoms with Gasteiger partial charge in [-0.05, 0) is 51.5 Å². The second-order valence-corrected chi connectivity index (χ2v) is 6.17. The zero-order valence-corrected chi connectivity index (χ0v) is 16.1. The molecule has 26 heavy (non-hydrogen) atoms. The van der Waals surface area contributed by atoms with Crippen LogP contribution in [0.2, 0.25) is 0 Å². The summed E-state index contributed by atoms with van der Waals surface area (Å²) < 4.78 is 16.2. The molecule has 1 aromatic heterocycles. The highest BCUT2D eigenvalue weighted by Crippen LogP contribution is 2.29.